The van der Waals surface area contributed by atoms with Crippen molar-refractivity contribution in [2.24, 2.45) is 0 Å². The molecule has 0 amide bonds. The molecule has 6 heteroatoms. The molecule has 0 spiro atoms. The molecule has 0 aliphatic heterocycles. The summed E-state index contributed by atoms with van der Waals surface area (Å²) in [6.45, 7) is 0. The van der Waals surface area contributed by atoms with E-state index in [0.29, 0.717) is 0 Å². The van der Waals surface area contributed by atoms with E-state index in [1.807, 2.05) is 0 Å². The van der Waals surface area contributed by atoms with Gasteiger partial charge in [0.25, 0.3) is 0 Å². The molecule has 0 saturated carbocycles. The monoisotopic (exact) mass is 452 g/mol. The van der Waals surface area contributed by atoms with E-state index < -0.39 is 0 Å². The molecule has 0 fully saturated rings. The SMILES string of the molecule is [B].[Cu].[Fe].[Nd].[Ni].[SnH2]. The fourth-order valence-electron chi connectivity index (χ4n) is 0. The van der Waals surface area contributed by atoms with Crippen LogP contribution in [0.25, 0.3) is 0 Å². The Morgan fingerprint density at radius 3 is 1.00 bits per heavy atom. The topological polar surface area (TPSA) is 0 Å². The van der Waals surface area contributed by atoms with Gasteiger partial charge in [0.15, 0.2) is 0 Å². The predicted octanol–water partition coefficient (Wildman–Crippen LogP) is -1.30. The predicted molar refractivity (Wildman–Crippen MR) is 14.3 cm³/mol. The fourth-order valence-corrected chi connectivity index (χ4v) is 0. The first-order chi connectivity index (χ1) is 0. The first-order valence-electron chi connectivity index (χ1n) is 0. The third-order valence-electron chi connectivity index (χ3n) is 0. The Morgan fingerprint density at radius 1 is 1.00 bits per heavy atom. The number of hydrogen-bond acceptors (Lipinski definition) is 0. The summed E-state index contributed by atoms with van der Waals surface area (Å²) in [5, 5.41) is 0. The summed E-state index contributed by atoms with van der Waals surface area (Å²) in [5.41, 5.74) is 0. The molecule has 0 aliphatic rings. The summed E-state index contributed by atoms with van der Waals surface area (Å²) in [5.74, 6) is 0. The van der Waals surface area contributed by atoms with E-state index >= 15 is 0 Å². The maximum absolute atomic E-state index is 0. The molecule has 6 heavy (non-hydrogen) atoms. The first kappa shape index (κ1) is 53.1. The molecule has 0 unspecified atom stereocenters. The van der Waals surface area contributed by atoms with E-state index in [1.165, 1.54) is 0 Å². The molecule has 0 N–H and O–H groups in total. The minimum absolute atomic E-state index is 0. The summed E-state index contributed by atoms with van der Waals surface area (Å²) in [6.07, 6.45) is 0. The van der Waals surface area contributed by atoms with Gasteiger partial charge in [-0.05, 0) is 0 Å². The molecule has 0 aliphatic carbocycles. The molecule has 0 aromatic heterocycles. The van der Waals surface area contributed by atoms with Crippen LogP contribution in [0.1, 0.15) is 0 Å². The second-order valence-electron chi connectivity index (χ2n) is 0. The quantitative estimate of drug-likeness (QED) is 0.400. The van der Waals surface area contributed by atoms with Crippen molar-refractivity contribution < 1.29 is 91.5 Å². The van der Waals surface area contributed by atoms with E-state index in [1.54, 1.807) is 0 Å². The summed E-state index contributed by atoms with van der Waals surface area (Å²) in [6, 6.07) is 0. The van der Waals surface area contributed by atoms with Gasteiger partial charge in [0, 0.05) is 99.9 Å². The molecule has 0 nitrogen and oxygen atoms in total. The zero-order chi connectivity index (χ0) is 0. The van der Waals surface area contributed by atoms with E-state index in [0.717, 1.165) is 0 Å². The molecule has 0 saturated heterocycles. The molecule has 0 aromatic carbocycles. The van der Waals surface area contributed by atoms with Gasteiger partial charge in [-0.2, -0.15) is 0 Å². The van der Waals surface area contributed by atoms with Crippen LogP contribution in [0, 0.1) is 40.8 Å². The molecular weight excluding hydrogens is 452 g/mol. The van der Waals surface area contributed by atoms with Gasteiger partial charge in [-0.15, -0.1) is 0 Å². The Kier molecular flexibility index (Phi) is 331. The molecule has 0 bridgehead atoms. The van der Waals surface area contributed by atoms with E-state index in [9.17, 15) is 0 Å². The van der Waals surface area contributed by atoms with Gasteiger partial charge in [0.2, 0.25) is 0 Å². The Hall–Kier alpha value is 3.75. The van der Waals surface area contributed by atoms with Crippen molar-refractivity contribution in [1.29, 1.82) is 0 Å². The van der Waals surface area contributed by atoms with Gasteiger partial charge in [-0.25, -0.2) is 0 Å². The van der Waals surface area contributed by atoms with Crippen molar-refractivity contribution >= 4 is 32.3 Å². The second-order valence-corrected chi connectivity index (χ2v) is 0. The Balaban J connectivity index is 0. The van der Waals surface area contributed by atoms with Gasteiger partial charge in [0.05, 0.1) is 0 Å². The van der Waals surface area contributed by atoms with Crippen molar-refractivity contribution in [3.05, 3.63) is 0 Å². The molecule has 42 valence electrons. The van der Waals surface area contributed by atoms with E-state index in [2.05, 4.69) is 0 Å². The summed E-state index contributed by atoms with van der Waals surface area (Å²) < 4.78 is 0. The van der Waals surface area contributed by atoms with Crippen LogP contribution >= 0.6 is 0 Å². The van der Waals surface area contributed by atoms with Gasteiger partial charge < -0.3 is 0 Å². The van der Waals surface area contributed by atoms with Gasteiger partial charge in [-0.1, -0.05) is 0 Å². The molecular formula is H2BCuFeNdNiSn. The second kappa shape index (κ2) is 37.4. The molecule has 0 heterocycles. The average molecular weight is 454 g/mol. The van der Waals surface area contributed by atoms with E-state index in [-0.39, 0.29) is 124 Å². The van der Waals surface area contributed by atoms with Crippen LogP contribution in [-0.2, 0) is 50.6 Å². The Morgan fingerprint density at radius 2 is 1.00 bits per heavy atom. The molecule has 6 radical (unpaired) electrons. The van der Waals surface area contributed by atoms with Crippen LogP contribution in [0.5, 0.6) is 0 Å². The summed E-state index contributed by atoms with van der Waals surface area (Å²) >= 11 is 0. The third kappa shape index (κ3) is 25.1. The van der Waals surface area contributed by atoms with E-state index in [4.69, 9.17) is 0 Å². The van der Waals surface area contributed by atoms with Gasteiger partial charge in [-0.3, -0.25) is 0 Å². The molecule has 0 atom stereocenters. The normalized spacial score (nSPS) is 0. The van der Waals surface area contributed by atoms with Crippen LogP contribution in [0.2, 0.25) is 0 Å². The zero-order valence-electron chi connectivity index (χ0n) is 2.76. The number of rotatable bonds is 0. The first-order valence-corrected chi connectivity index (χ1v) is 0. The van der Waals surface area contributed by atoms with Crippen LogP contribution in [0.3, 0.4) is 0 Å². The number of hydrogen-bond donors (Lipinski definition) is 0. The molecule has 0 rings (SSSR count). The van der Waals surface area contributed by atoms with Crippen molar-refractivity contribution in [3.8, 4) is 0 Å². The maximum atomic E-state index is 0. The Bertz CT molecular complexity index is 15.5. The van der Waals surface area contributed by atoms with Crippen molar-refractivity contribution in [3.63, 3.8) is 0 Å². The average Bonchev–Trinajstić information content (AvgIpc) is 0. The third-order valence-corrected chi connectivity index (χ3v) is 0. The van der Waals surface area contributed by atoms with Crippen LogP contribution < -0.4 is 0 Å². The van der Waals surface area contributed by atoms with Crippen molar-refractivity contribution in [2.75, 3.05) is 0 Å². The fraction of sp³-hybridized carbons (Fsp3) is 0. The Labute approximate surface area is 121 Å². The van der Waals surface area contributed by atoms with Gasteiger partial charge in [0.1, 0.15) is 0 Å². The van der Waals surface area contributed by atoms with Crippen molar-refractivity contribution in [2.45, 2.75) is 0 Å². The van der Waals surface area contributed by atoms with Crippen LogP contribution in [0.15, 0.2) is 0 Å². The van der Waals surface area contributed by atoms with Gasteiger partial charge >= 0.3 is 23.9 Å². The van der Waals surface area contributed by atoms with Crippen LogP contribution in [0.4, 0.5) is 0 Å². The minimum atomic E-state index is 0. The summed E-state index contributed by atoms with van der Waals surface area (Å²) in [7, 11) is 0. The standard InChI is InChI=1S/B.Cu.Fe.Nd.Ni.Sn.2H. The molecule has 0 aromatic rings. The summed E-state index contributed by atoms with van der Waals surface area (Å²) in [4.78, 5) is 0. The van der Waals surface area contributed by atoms with Crippen LogP contribution in [-0.4, -0.2) is 32.3 Å². The van der Waals surface area contributed by atoms with Crippen molar-refractivity contribution in [1.82, 2.24) is 0 Å². The zero-order valence-corrected chi connectivity index (χ0v) is 13.0.